The minimum Gasteiger partial charge on any atom is -0.493 e. The van der Waals surface area contributed by atoms with E-state index in [0.717, 1.165) is 5.56 Å². The van der Waals surface area contributed by atoms with Crippen LogP contribution in [-0.4, -0.2) is 31.9 Å². The lowest BCUT2D eigenvalue weighted by molar-refractivity contribution is -0.123. The van der Waals surface area contributed by atoms with E-state index in [1.54, 1.807) is 32.4 Å². The number of rotatable bonds is 8. The molecule has 0 aliphatic heterocycles. The topological polar surface area (TPSA) is 82.8 Å². The van der Waals surface area contributed by atoms with Gasteiger partial charge in [-0.1, -0.05) is 5.16 Å². The Bertz CT molecular complexity index is 940. The molecule has 0 spiro atoms. The summed E-state index contributed by atoms with van der Waals surface area (Å²) in [6, 6.07) is 12.5. The fraction of sp³-hybridized carbons (Fsp3) is 0.200. The van der Waals surface area contributed by atoms with Gasteiger partial charge in [0, 0.05) is 11.6 Å². The van der Waals surface area contributed by atoms with Gasteiger partial charge in [-0.3, -0.25) is 4.79 Å². The van der Waals surface area contributed by atoms with E-state index in [1.165, 1.54) is 24.3 Å². The van der Waals surface area contributed by atoms with Gasteiger partial charge in [-0.15, -0.1) is 0 Å². The molecular formula is C20H19FN2O5. The molecule has 0 radical (unpaired) electrons. The predicted octanol–water partition coefficient (Wildman–Crippen LogP) is 3.19. The summed E-state index contributed by atoms with van der Waals surface area (Å²) in [5.74, 6) is 1.43. The number of methoxy groups -OCH3 is 2. The first-order valence-electron chi connectivity index (χ1n) is 8.42. The van der Waals surface area contributed by atoms with E-state index < -0.39 is 0 Å². The Kier molecular flexibility index (Phi) is 6.11. The van der Waals surface area contributed by atoms with Crippen molar-refractivity contribution in [2.75, 3.05) is 20.8 Å². The minimum atomic E-state index is -0.367. The molecule has 1 N–H and O–H groups in total. The van der Waals surface area contributed by atoms with Crippen molar-refractivity contribution >= 4 is 5.91 Å². The predicted molar refractivity (Wildman–Crippen MR) is 98.8 cm³/mol. The van der Waals surface area contributed by atoms with Gasteiger partial charge in [0.25, 0.3) is 5.91 Å². The summed E-state index contributed by atoms with van der Waals surface area (Å²) in [4.78, 5) is 11.9. The molecule has 1 heterocycles. The summed E-state index contributed by atoms with van der Waals surface area (Å²) in [5, 5.41) is 6.63. The number of nitrogens with zero attached hydrogens (tertiary/aromatic N) is 1. The van der Waals surface area contributed by atoms with Crippen molar-refractivity contribution in [3.63, 3.8) is 0 Å². The zero-order valence-corrected chi connectivity index (χ0v) is 15.4. The highest BCUT2D eigenvalue weighted by atomic mass is 19.1. The molecule has 8 heteroatoms. The Balaban J connectivity index is 1.54. The molecule has 7 nitrogen and oxygen atoms in total. The second kappa shape index (κ2) is 8.90. The molecule has 0 fully saturated rings. The molecule has 0 unspecified atom stereocenters. The fourth-order valence-electron chi connectivity index (χ4n) is 2.44. The third kappa shape index (κ3) is 4.79. The van der Waals surface area contributed by atoms with Crippen molar-refractivity contribution < 1.29 is 27.9 Å². The first kappa shape index (κ1) is 19.2. The molecular weight excluding hydrogens is 367 g/mol. The smallest absolute Gasteiger partial charge is 0.258 e. The fourth-order valence-corrected chi connectivity index (χ4v) is 2.44. The van der Waals surface area contributed by atoms with Gasteiger partial charge in [0.2, 0.25) is 0 Å². The van der Waals surface area contributed by atoms with Crippen LogP contribution in [0.3, 0.4) is 0 Å². The Labute approximate surface area is 161 Å². The number of amides is 1. The lowest BCUT2D eigenvalue weighted by atomic mass is 10.1. The number of ether oxygens (including phenoxy) is 3. The molecule has 146 valence electrons. The summed E-state index contributed by atoms with van der Waals surface area (Å²) >= 11 is 0. The summed E-state index contributed by atoms with van der Waals surface area (Å²) in [7, 11) is 3.11. The number of carbonyl (C=O) groups is 1. The lowest BCUT2D eigenvalue weighted by Gasteiger charge is -2.07. The van der Waals surface area contributed by atoms with Gasteiger partial charge in [0.1, 0.15) is 17.3 Å². The van der Waals surface area contributed by atoms with Crippen LogP contribution in [0, 0.1) is 5.82 Å². The second-order valence-electron chi connectivity index (χ2n) is 5.77. The van der Waals surface area contributed by atoms with E-state index in [9.17, 15) is 9.18 Å². The van der Waals surface area contributed by atoms with Crippen LogP contribution in [0.15, 0.2) is 53.1 Å². The van der Waals surface area contributed by atoms with Crippen molar-refractivity contribution in [3.8, 4) is 28.6 Å². The monoisotopic (exact) mass is 386 g/mol. The Morgan fingerprint density at radius 3 is 2.54 bits per heavy atom. The van der Waals surface area contributed by atoms with Crippen LogP contribution in [-0.2, 0) is 11.3 Å². The van der Waals surface area contributed by atoms with Gasteiger partial charge in [0.05, 0.1) is 20.8 Å². The van der Waals surface area contributed by atoms with Crippen LogP contribution in [0.2, 0.25) is 0 Å². The second-order valence-corrected chi connectivity index (χ2v) is 5.77. The molecule has 1 aromatic heterocycles. The van der Waals surface area contributed by atoms with E-state index in [4.69, 9.17) is 18.7 Å². The Morgan fingerprint density at radius 1 is 1.07 bits per heavy atom. The van der Waals surface area contributed by atoms with E-state index >= 15 is 0 Å². The first-order chi connectivity index (χ1) is 13.6. The standard InChI is InChI=1S/C20H19FN2O5/c1-25-17-8-3-13(9-19(17)26-2)18-10-15(23-28-18)11-22-20(24)12-27-16-6-4-14(21)5-7-16/h3-10H,11-12H2,1-2H3,(H,22,24). The van der Waals surface area contributed by atoms with E-state index in [0.29, 0.717) is 28.7 Å². The van der Waals surface area contributed by atoms with Crippen molar-refractivity contribution in [2.45, 2.75) is 6.54 Å². The zero-order valence-electron chi connectivity index (χ0n) is 15.4. The largest absolute Gasteiger partial charge is 0.493 e. The first-order valence-corrected chi connectivity index (χ1v) is 8.42. The molecule has 2 aromatic carbocycles. The molecule has 0 saturated carbocycles. The van der Waals surface area contributed by atoms with Gasteiger partial charge >= 0.3 is 0 Å². The molecule has 3 aromatic rings. The van der Waals surface area contributed by atoms with Crippen molar-refractivity contribution in [2.24, 2.45) is 0 Å². The van der Waals surface area contributed by atoms with Crippen LogP contribution >= 0.6 is 0 Å². The maximum atomic E-state index is 12.8. The molecule has 28 heavy (non-hydrogen) atoms. The molecule has 3 rings (SSSR count). The van der Waals surface area contributed by atoms with E-state index in [1.807, 2.05) is 6.07 Å². The number of hydrogen-bond acceptors (Lipinski definition) is 6. The summed E-state index contributed by atoms with van der Waals surface area (Å²) < 4.78 is 33.9. The van der Waals surface area contributed by atoms with Crippen LogP contribution in [0.4, 0.5) is 4.39 Å². The molecule has 1 amide bonds. The lowest BCUT2D eigenvalue weighted by Crippen LogP contribution is -2.28. The van der Waals surface area contributed by atoms with Crippen LogP contribution in [0.5, 0.6) is 17.2 Å². The van der Waals surface area contributed by atoms with Crippen LogP contribution in [0.25, 0.3) is 11.3 Å². The van der Waals surface area contributed by atoms with Crippen molar-refractivity contribution in [1.29, 1.82) is 0 Å². The Morgan fingerprint density at radius 2 is 1.82 bits per heavy atom. The highest BCUT2D eigenvalue weighted by molar-refractivity contribution is 5.77. The molecule has 0 bridgehead atoms. The summed E-state index contributed by atoms with van der Waals surface area (Å²) in [6.07, 6.45) is 0. The van der Waals surface area contributed by atoms with Gasteiger partial charge in [0.15, 0.2) is 23.9 Å². The summed E-state index contributed by atoms with van der Waals surface area (Å²) in [6.45, 7) is -0.00554. The van der Waals surface area contributed by atoms with Crippen LogP contribution < -0.4 is 19.5 Å². The summed E-state index contributed by atoms with van der Waals surface area (Å²) in [5.41, 5.74) is 1.32. The Hall–Kier alpha value is -3.55. The third-order valence-corrected chi connectivity index (χ3v) is 3.88. The molecule has 0 aliphatic carbocycles. The number of aromatic nitrogens is 1. The van der Waals surface area contributed by atoms with Gasteiger partial charge in [-0.2, -0.15) is 0 Å². The highest BCUT2D eigenvalue weighted by Crippen LogP contribution is 2.32. The number of halogens is 1. The van der Waals surface area contributed by atoms with Gasteiger partial charge < -0.3 is 24.1 Å². The third-order valence-electron chi connectivity index (χ3n) is 3.88. The average molecular weight is 386 g/mol. The van der Waals surface area contributed by atoms with E-state index in [2.05, 4.69) is 10.5 Å². The van der Waals surface area contributed by atoms with E-state index in [-0.39, 0.29) is 24.9 Å². The quantitative estimate of drug-likeness (QED) is 0.640. The van der Waals surface area contributed by atoms with Crippen molar-refractivity contribution in [3.05, 3.63) is 60.0 Å². The maximum Gasteiger partial charge on any atom is 0.258 e. The molecule has 0 atom stereocenters. The highest BCUT2D eigenvalue weighted by Gasteiger charge is 2.12. The number of nitrogens with one attached hydrogen (secondary N) is 1. The number of benzene rings is 2. The van der Waals surface area contributed by atoms with Gasteiger partial charge in [-0.25, -0.2) is 4.39 Å². The zero-order chi connectivity index (χ0) is 19.9. The molecule has 0 aliphatic rings. The number of carbonyl (C=O) groups excluding carboxylic acids is 1. The molecule has 0 saturated heterocycles. The van der Waals surface area contributed by atoms with Gasteiger partial charge in [-0.05, 0) is 42.5 Å². The minimum absolute atomic E-state index is 0.183. The maximum absolute atomic E-state index is 12.8. The van der Waals surface area contributed by atoms with Crippen LogP contribution in [0.1, 0.15) is 5.69 Å². The SMILES string of the molecule is COc1ccc(-c2cc(CNC(=O)COc3ccc(F)cc3)no2)cc1OC. The normalized spacial score (nSPS) is 10.4. The average Bonchev–Trinajstić information content (AvgIpc) is 3.20. The number of hydrogen-bond donors (Lipinski definition) is 1. The van der Waals surface area contributed by atoms with Crippen molar-refractivity contribution in [1.82, 2.24) is 10.5 Å².